The summed E-state index contributed by atoms with van der Waals surface area (Å²) in [6, 6.07) is 3.33. The molecule has 0 saturated heterocycles. The summed E-state index contributed by atoms with van der Waals surface area (Å²) in [5, 5.41) is 7.29. The maximum atomic E-state index is 12.4. The summed E-state index contributed by atoms with van der Waals surface area (Å²) < 4.78 is 4.31. The molecular weight excluding hydrogens is 360 g/mol. The van der Waals surface area contributed by atoms with Gasteiger partial charge in [-0.1, -0.05) is 0 Å². The molecule has 0 fully saturated rings. The minimum atomic E-state index is -0.742. The van der Waals surface area contributed by atoms with Crippen LogP contribution in [0.3, 0.4) is 0 Å². The van der Waals surface area contributed by atoms with E-state index in [2.05, 4.69) is 15.4 Å². The Hall–Kier alpha value is -3.23. The van der Waals surface area contributed by atoms with Gasteiger partial charge in [0.2, 0.25) is 5.91 Å². The third kappa shape index (κ3) is 3.47. The Kier molecular flexibility index (Phi) is 5.43. The van der Waals surface area contributed by atoms with E-state index >= 15 is 0 Å². The second-order valence-corrected chi connectivity index (χ2v) is 6.67. The molecule has 3 aromatic rings. The van der Waals surface area contributed by atoms with Crippen molar-refractivity contribution in [1.82, 2.24) is 29.2 Å². The number of pyridine rings is 1. The second-order valence-electron chi connectivity index (χ2n) is 6.67. The first-order valence-corrected chi connectivity index (χ1v) is 9.19. The lowest BCUT2D eigenvalue weighted by Crippen LogP contribution is -2.43. The van der Waals surface area contributed by atoms with Gasteiger partial charge in [0.1, 0.15) is 6.54 Å². The highest BCUT2D eigenvalue weighted by Gasteiger charge is 2.15. The van der Waals surface area contributed by atoms with Crippen LogP contribution in [0.25, 0.3) is 11.2 Å². The number of carbonyl (C=O) groups excluding carboxylic acids is 1. The number of amides is 1. The third-order valence-corrected chi connectivity index (χ3v) is 4.94. The van der Waals surface area contributed by atoms with Gasteiger partial charge in [-0.15, -0.1) is 0 Å². The summed E-state index contributed by atoms with van der Waals surface area (Å²) in [6.07, 6.45) is 2.19. The third-order valence-electron chi connectivity index (χ3n) is 4.94. The maximum Gasteiger partial charge on any atom is 0.317 e. The van der Waals surface area contributed by atoms with E-state index in [1.165, 1.54) is 22.4 Å². The zero-order valence-corrected chi connectivity index (χ0v) is 16.5. The number of nitrogens with zero attached hydrogens (tertiary/aromatic N) is 5. The SMILES string of the molecule is CCn1nc(C)c(CCNC(=O)Cn2c(=O)c(=O)n(C)c3ncccc32)c1C. The van der Waals surface area contributed by atoms with E-state index < -0.39 is 11.1 Å². The van der Waals surface area contributed by atoms with Crippen molar-refractivity contribution in [2.75, 3.05) is 6.54 Å². The number of carbonyl (C=O) groups is 1. The average Bonchev–Trinajstić information content (AvgIpc) is 2.97. The van der Waals surface area contributed by atoms with Crippen LogP contribution in [0.5, 0.6) is 0 Å². The first-order valence-electron chi connectivity index (χ1n) is 9.19. The van der Waals surface area contributed by atoms with Gasteiger partial charge in [-0.2, -0.15) is 5.10 Å². The van der Waals surface area contributed by atoms with Gasteiger partial charge in [0, 0.05) is 32.0 Å². The Labute approximate surface area is 161 Å². The van der Waals surface area contributed by atoms with Crippen LogP contribution >= 0.6 is 0 Å². The molecule has 0 spiro atoms. The number of nitrogens with one attached hydrogen (secondary N) is 1. The number of fused-ring (bicyclic) bond motifs is 1. The lowest BCUT2D eigenvalue weighted by molar-refractivity contribution is -0.121. The molecule has 9 heteroatoms. The monoisotopic (exact) mass is 384 g/mol. The van der Waals surface area contributed by atoms with Gasteiger partial charge < -0.3 is 5.32 Å². The molecule has 0 aliphatic heterocycles. The zero-order chi connectivity index (χ0) is 20.4. The molecule has 0 unspecified atom stereocenters. The Balaban J connectivity index is 1.75. The van der Waals surface area contributed by atoms with Crippen LogP contribution in [0.4, 0.5) is 0 Å². The lowest BCUT2D eigenvalue weighted by Gasteiger charge is -2.12. The number of aromatic nitrogens is 5. The molecule has 3 heterocycles. The van der Waals surface area contributed by atoms with Crippen LogP contribution in [0.2, 0.25) is 0 Å². The smallest absolute Gasteiger partial charge is 0.317 e. The molecule has 1 N–H and O–H groups in total. The first-order chi connectivity index (χ1) is 13.3. The molecule has 3 aromatic heterocycles. The number of hydrogen-bond donors (Lipinski definition) is 1. The second kappa shape index (κ2) is 7.79. The van der Waals surface area contributed by atoms with Crippen LogP contribution in [-0.4, -0.2) is 36.4 Å². The molecule has 1 amide bonds. The Morgan fingerprint density at radius 3 is 2.64 bits per heavy atom. The molecule has 0 bridgehead atoms. The van der Waals surface area contributed by atoms with Gasteiger partial charge in [-0.3, -0.25) is 28.2 Å². The molecule has 0 aromatic carbocycles. The summed E-state index contributed by atoms with van der Waals surface area (Å²) >= 11 is 0. The van der Waals surface area contributed by atoms with E-state index in [4.69, 9.17) is 0 Å². The molecule has 9 nitrogen and oxygen atoms in total. The van der Waals surface area contributed by atoms with Crippen molar-refractivity contribution in [3.8, 4) is 0 Å². The molecule has 0 aliphatic carbocycles. The number of hydrogen-bond acceptors (Lipinski definition) is 5. The average molecular weight is 384 g/mol. The summed E-state index contributed by atoms with van der Waals surface area (Å²) in [5.41, 5.74) is 2.51. The molecule has 28 heavy (non-hydrogen) atoms. The predicted octanol–water partition coefficient (Wildman–Crippen LogP) is 0.287. The number of rotatable bonds is 6. The summed E-state index contributed by atoms with van der Waals surface area (Å²) in [4.78, 5) is 41.1. The van der Waals surface area contributed by atoms with Crippen LogP contribution < -0.4 is 16.4 Å². The minimum absolute atomic E-state index is 0.233. The van der Waals surface area contributed by atoms with Crippen molar-refractivity contribution in [2.24, 2.45) is 7.05 Å². The van der Waals surface area contributed by atoms with Crippen LogP contribution in [-0.2, 0) is 31.4 Å². The molecule has 0 saturated carbocycles. The lowest BCUT2D eigenvalue weighted by atomic mass is 10.1. The summed E-state index contributed by atoms with van der Waals surface area (Å²) in [7, 11) is 1.49. The van der Waals surface area contributed by atoms with Gasteiger partial charge in [-0.05, 0) is 44.9 Å². The Morgan fingerprint density at radius 2 is 1.96 bits per heavy atom. The highest BCUT2D eigenvalue weighted by atomic mass is 16.2. The van der Waals surface area contributed by atoms with E-state index in [1.54, 1.807) is 12.1 Å². The van der Waals surface area contributed by atoms with Crippen molar-refractivity contribution in [1.29, 1.82) is 0 Å². The van der Waals surface area contributed by atoms with E-state index in [-0.39, 0.29) is 12.5 Å². The van der Waals surface area contributed by atoms with Gasteiger partial charge in [0.25, 0.3) is 0 Å². The molecule has 0 atom stereocenters. The van der Waals surface area contributed by atoms with E-state index in [0.29, 0.717) is 24.1 Å². The van der Waals surface area contributed by atoms with Gasteiger partial charge in [0.15, 0.2) is 5.65 Å². The standard InChI is InChI=1S/C19H24N6O3/c1-5-25-13(3)14(12(2)22-25)8-10-20-16(26)11-24-15-7-6-9-21-17(15)23(4)18(27)19(24)28/h6-7,9H,5,8,10-11H2,1-4H3,(H,20,26). The largest absolute Gasteiger partial charge is 0.354 e. The van der Waals surface area contributed by atoms with Gasteiger partial charge >= 0.3 is 11.1 Å². The van der Waals surface area contributed by atoms with Crippen molar-refractivity contribution >= 4 is 17.1 Å². The van der Waals surface area contributed by atoms with E-state index in [0.717, 1.165) is 23.5 Å². The van der Waals surface area contributed by atoms with Crippen molar-refractivity contribution in [2.45, 2.75) is 40.3 Å². The predicted molar refractivity (Wildman–Crippen MR) is 105 cm³/mol. The first kappa shape index (κ1) is 19.5. The van der Waals surface area contributed by atoms with E-state index in [9.17, 15) is 14.4 Å². The van der Waals surface area contributed by atoms with Gasteiger partial charge in [-0.25, -0.2) is 4.98 Å². The quantitative estimate of drug-likeness (QED) is 0.615. The molecule has 0 radical (unpaired) electrons. The van der Waals surface area contributed by atoms with E-state index in [1.807, 2.05) is 25.5 Å². The molecule has 3 rings (SSSR count). The Bertz CT molecular complexity index is 1150. The number of aryl methyl sites for hydroxylation is 3. The van der Waals surface area contributed by atoms with Crippen molar-refractivity contribution in [3.63, 3.8) is 0 Å². The topological polar surface area (TPSA) is 104 Å². The minimum Gasteiger partial charge on any atom is -0.354 e. The van der Waals surface area contributed by atoms with Crippen LogP contribution in [0, 0.1) is 13.8 Å². The van der Waals surface area contributed by atoms with Gasteiger partial charge in [0.05, 0.1) is 11.2 Å². The summed E-state index contributed by atoms with van der Waals surface area (Å²) in [6.45, 7) is 6.99. The fourth-order valence-electron chi connectivity index (χ4n) is 3.41. The molecule has 148 valence electrons. The fourth-order valence-corrected chi connectivity index (χ4v) is 3.41. The normalized spacial score (nSPS) is 11.1. The van der Waals surface area contributed by atoms with Crippen molar-refractivity contribution in [3.05, 3.63) is 56.0 Å². The molecule has 0 aliphatic rings. The fraction of sp³-hybridized carbons (Fsp3) is 0.421. The highest BCUT2D eigenvalue weighted by Crippen LogP contribution is 2.13. The van der Waals surface area contributed by atoms with Crippen LogP contribution in [0.1, 0.15) is 23.9 Å². The molecular formula is C19H24N6O3. The maximum absolute atomic E-state index is 12.4. The highest BCUT2D eigenvalue weighted by molar-refractivity contribution is 5.78. The van der Waals surface area contributed by atoms with Crippen LogP contribution in [0.15, 0.2) is 27.9 Å². The van der Waals surface area contributed by atoms with Crippen molar-refractivity contribution < 1.29 is 4.79 Å². The zero-order valence-electron chi connectivity index (χ0n) is 16.5. The summed E-state index contributed by atoms with van der Waals surface area (Å²) in [5.74, 6) is -0.335. The Morgan fingerprint density at radius 1 is 1.21 bits per heavy atom.